The first-order chi connectivity index (χ1) is 14.8. The molecule has 0 bridgehead atoms. The number of aromatic hydroxyl groups is 1. The van der Waals surface area contributed by atoms with E-state index in [2.05, 4.69) is 97.2 Å². The van der Waals surface area contributed by atoms with Gasteiger partial charge in [0.25, 0.3) is 0 Å². The van der Waals surface area contributed by atoms with Crippen molar-refractivity contribution < 1.29 is 5.11 Å². The number of anilines is 4. The number of phenols is 1. The molecule has 3 rings (SSSR count). The minimum atomic E-state index is -0.0641. The number of hydrogen-bond donors (Lipinski definition) is 3. The highest BCUT2D eigenvalue weighted by Gasteiger charge is 2.26. The van der Waals surface area contributed by atoms with Crippen molar-refractivity contribution in [2.75, 3.05) is 10.6 Å². The van der Waals surface area contributed by atoms with Crippen LogP contribution < -0.4 is 10.6 Å². The summed E-state index contributed by atoms with van der Waals surface area (Å²) in [5.41, 5.74) is 10.3. The summed E-state index contributed by atoms with van der Waals surface area (Å²) >= 11 is 0. The Morgan fingerprint density at radius 2 is 1.31 bits per heavy atom. The van der Waals surface area contributed by atoms with Crippen LogP contribution >= 0.6 is 0 Å². The number of rotatable bonds is 4. The van der Waals surface area contributed by atoms with Crippen LogP contribution in [-0.4, -0.2) is 5.11 Å². The molecule has 3 aromatic rings. The van der Waals surface area contributed by atoms with Crippen LogP contribution in [0, 0.1) is 20.8 Å². The van der Waals surface area contributed by atoms with Crippen molar-refractivity contribution in [3.05, 3.63) is 76.3 Å². The highest BCUT2D eigenvalue weighted by Crippen LogP contribution is 2.43. The lowest BCUT2D eigenvalue weighted by atomic mass is 9.79. The molecular weight excluding hydrogens is 392 g/mol. The predicted octanol–water partition coefficient (Wildman–Crippen LogP) is 8.40. The van der Waals surface area contributed by atoms with E-state index >= 15 is 0 Å². The van der Waals surface area contributed by atoms with Gasteiger partial charge in [-0.1, -0.05) is 71.4 Å². The molecule has 0 aliphatic heterocycles. The number of aryl methyl sites for hydroxylation is 3. The first kappa shape index (κ1) is 23.7. The van der Waals surface area contributed by atoms with Crippen LogP contribution in [0.2, 0.25) is 0 Å². The standard InChI is InChI=1S/C29H38N2O/c1-18-13-19(2)26(20(3)14-18)31-27-24(29(7,8)9)15-21(28(4,5)6)16-25(27)30-22-11-10-12-23(32)17-22/h10-17,30-32H,1-9H3. The average Bonchev–Trinajstić information content (AvgIpc) is 2.63. The van der Waals surface area contributed by atoms with Gasteiger partial charge in [-0.25, -0.2) is 0 Å². The lowest BCUT2D eigenvalue weighted by Crippen LogP contribution is -2.19. The second-order valence-corrected chi connectivity index (χ2v) is 11.0. The van der Waals surface area contributed by atoms with E-state index in [9.17, 15) is 5.11 Å². The van der Waals surface area contributed by atoms with Crippen molar-refractivity contribution >= 4 is 22.7 Å². The van der Waals surface area contributed by atoms with Crippen LogP contribution in [0.4, 0.5) is 22.7 Å². The van der Waals surface area contributed by atoms with Crippen molar-refractivity contribution in [3.63, 3.8) is 0 Å². The Balaban J connectivity index is 2.27. The SMILES string of the molecule is Cc1cc(C)c(Nc2c(Nc3cccc(O)c3)cc(C(C)(C)C)cc2C(C)(C)C)c(C)c1. The molecule has 0 unspecified atom stereocenters. The van der Waals surface area contributed by atoms with Gasteiger partial charge in [-0.2, -0.15) is 0 Å². The quantitative estimate of drug-likeness (QED) is 0.389. The molecule has 0 aliphatic rings. The third-order valence-corrected chi connectivity index (χ3v) is 5.86. The largest absolute Gasteiger partial charge is 0.508 e. The Kier molecular flexibility index (Phi) is 6.33. The Labute approximate surface area is 193 Å². The monoisotopic (exact) mass is 430 g/mol. The van der Waals surface area contributed by atoms with E-state index < -0.39 is 0 Å². The molecule has 3 N–H and O–H groups in total. The van der Waals surface area contributed by atoms with Gasteiger partial charge < -0.3 is 15.7 Å². The molecule has 3 heteroatoms. The van der Waals surface area contributed by atoms with Crippen LogP contribution in [-0.2, 0) is 10.8 Å². The van der Waals surface area contributed by atoms with Crippen molar-refractivity contribution in [2.45, 2.75) is 73.1 Å². The lowest BCUT2D eigenvalue weighted by molar-refractivity contribution is 0.475. The Morgan fingerprint density at radius 1 is 0.688 bits per heavy atom. The molecule has 0 radical (unpaired) electrons. The van der Waals surface area contributed by atoms with Gasteiger partial charge in [0.2, 0.25) is 0 Å². The maximum Gasteiger partial charge on any atom is 0.117 e. The van der Waals surface area contributed by atoms with Crippen molar-refractivity contribution in [1.29, 1.82) is 0 Å². The average molecular weight is 431 g/mol. The van der Waals surface area contributed by atoms with E-state index in [0.717, 1.165) is 22.7 Å². The zero-order chi connectivity index (χ0) is 23.8. The summed E-state index contributed by atoms with van der Waals surface area (Å²) in [6.07, 6.45) is 0. The van der Waals surface area contributed by atoms with E-state index in [4.69, 9.17) is 0 Å². The Hall–Kier alpha value is -2.94. The zero-order valence-corrected chi connectivity index (χ0v) is 21.1. The van der Waals surface area contributed by atoms with Crippen LogP contribution in [0.5, 0.6) is 5.75 Å². The summed E-state index contributed by atoms with van der Waals surface area (Å²) in [7, 11) is 0. The molecule has 0 atom stereocenters. The van der Waals surface area contributed by atoms with Gasteiger partial charge in [0.05, 0.1) is 11.4 Å². The van der Waals surface area contributed by atoms with E-state index in [-0.39, 0.29) is 16.6 Å². The van der Waals surface area contributed by atoms with Crippen LogP contribution in [0.3, 0.4) is 0 Å². The molecule has 0 fully saturated rings. The smallest absolute Gasteiger partial charge is 0.117 e. The Bertz CT molecular complexity index is 1110. The van der Waals surface area contributed by atoms with Gasteiger partial charge in [-0.15, -0.1) is 0 Å². The maximum absolute atomic E-state index is 10.0. The van der Waals surface area contributed by atoms with Gasteiger partial charge in [-0.3, -0.25) is 0 Å². The predicted molar refractivity (Wildman–Crippen MR) is 139 cm³/mol. The summed E-state index contributed by atoms with van der Waals surface area (Å²) in [4.78, 5) is 0. The molecule has 0 saturated heterocycles. The summed E-state index contributed by atoms with van der Waals surface area (Å²) in [5, 5.41) is 17.4. The van der Waals surface area contributed by atoms with Gasteiger partial charge in [0, 0.05) is 17.4 Å². The van der Waals surface area contributed by atoms with Gasteiger partial charge >= 0.3 is 0 Å². The molecule has 3 nitrogen and oxygen atoms in total. The minimum Gasteiger partial charge on any atom is -0.508 e. The third-order valence-electron chi connectivity index (χ3n) is 5.86. The first-order valence-corrected chi connectivity index (χ1v) is 11.4. The number of hydrogen-bond acceptors (Lipinski definition) is 3. The maximum atomic E-state index is 10.0. The highest BCUT2D eigenvalue weighted by atomic mass is 16.3. The summed E-state index contributed by atoms with van der Waals surface area (Å²) < 4.78 is 0. The molecule has 0 aliphatic carbocycles. The summed E-state index contributed by atoms with van der Waals surface area (Å²) in [6.45, 7) is 20.0. The van der Waals surface area contributed by atoms with Crippen molar-refractivity contribution in [1.82, 2.24) is 0 Å². The topological polar surface area (TPSA) is 44.3 Å². The van der Waals surface area contributed by atoms with Crippen LogP contribution in [0.1, 0.15) is 69.4 Å². The summed E-state index contributed by atoms with van der Waals surface area (Å²) in [6, 6.07) is 16.3. The normalized spacial score (nSPS) is 12.0. The minimum absolute atomic E-state index is 0.00345. The zero-order valence-electron chi connectivity index (χ0n) is 21.1. The second kappa shape index (κ2) is 8.54. The molecule has 0 saturated carbocycles. The van der Waals surface area contributed by atoms with Gasteiger partial charge in [-0.05, 0) is 72.1 Å². The lowest BCUT2D eigenvalue weighted by Gasteiger charge is -2.31. The number of benzene rings is 3. The second-order valence-electron chi connectivity index (χ2n) is 11.0. The van der Waals surface area contributed by atoms with E-state index in [1.807, 2.05) is 12.1 Å². The van der Waals surface area contributed by atoms with Crippen LogP contribution in [0.15, 0.2) is 48.5 Å². The fourth-order valence-corrected chi connectivity index (χ4v) is 4.14. The molecule has 170 valence electrons. The number of phenolic OH excluding ortho intramolecular Hbond substituents is 1. The highest BCUT2D eigenvalue weighted by molar-refractivity contribution is 5.84. The van der Waals surface area contributed by atoms with Gasteiger partial charge in [0.1, 0.15) is 5.75 Å². The molecule has 0 spiro atoms. The molecule has 32 heavy (non-hydrogen) atoms. The van der Waals surface area contributed by atoms with Gasteiger partial charge in [0.15, 0.2) is 0 Å². The summed E-state index contributed by atoms with van der Waals surface area (Å²) in [5.74, 6) is 0.248. The molecule has 0 aromatic heterocycles. The molecule has 3 aromatic carbocycles. The van der Waals surface area contributed by atoms with E-state index in [0.29, 0.717) is 0 Å². The molecule has 0 amide bonds. The molecular formula is C29H38N2O. The third kappa shape index (κ3) is 5.27. The Morgan fingerprint density at radius 3 is 1.84 bits per heavy atom. The molecule has 0 heterocycles. The van der Waals surface area contributed by atoms with E-state index in [1.165, 1.54) is 27.8 Å². The first-order valence-electron chi connectivity index (χ1n) is 11.4. The van der Waals surface area contributed by atoms with Crippen LogP contribution in [0.25, 0.3) is 0 Å². The fourth-order valence-electron chi connectivity index (χ4n) is 4.14. The fraction of sp³-hybridized carbons (Fsp3) is 0.379. The van der Waals surface area contributed by atoms with E-state index in [1.54, 1.807) is 12.1 Å². The number of nitrogens with one attached hydrogen (secondary N) is 2. The van der Waals surface area contributed by atoms with Crippen molar-refractivity contribution in [3.8, 4) is 5.75 Å². The van der Waals surface area contributed by atoms with Crippen molar-refractivity contribution in [2.24, 2.45) is 0 Å².